The van der Waals surface area contributed by atoms with Crippen molar-refractivity contribution in [1.29, 1.82) is 0 Å². The molecule has 1 amide bonds. The molecule has 100 valence electrons. The third-order valence-corrected chi connectivity index (χ3v) is 3.59. The molecule has 0 aliphatic heterocycles. The second-order valence-electron chi connectivity index (χ2n) is 4.18. The number of nitrogens with two attached hydrogens (primary N) is 1. The molecule has 1 aromatic carbocycles. The van der Waals surface area contributed by atoms with Gasteiger partial charge >= 0.3 is 0 Å². The van der Waals surface area contributed by atoms with Gasteiger partial charge in [-0.2, -0.15) is 0 Å². The lowest BCUT2D eigenvalue weighted by Gasteiger charge is -2.01. The van der Waals surface area contributed by atoms with Crippen LogP contribution < -0.4 is 11.1 Å². The lowest BCUT2D eigenvalue weighted by atomic mass is 10.2. The van der Waals surface area contributed by atoms with Crippen LogP contribution in [0.25, 0.3) is 10.6 Å². The van der Waals surface area contributed by atoms with Crippen molar-refractivity contribution in [3.63, 3.8) is 0 Å². The van der Waals surface area contributed by atoms with Crippen LogP contribution in [0.3, 0.4) is 0 Å². The molecular formula is C14H17N3OS. The van der Waals surface area contributed by atoms with Crippen LogP contribution in [0.4, 0.5) is 0 Å². The number of benzene rings is 1. The van der Waals surface area contributed by atoms with E-state index in [2.05, 4.69) is 10.3 Å². The molecule has 3 N–H and O–H groups in total. The van der Waals surface area contributed by atoms with E-state index in [4.69, 9.17) is 5.73 Å². The molecule has 0 bridgehead atoms. The Bertz CT molecular complexity index is 524. The largest absolute Gasteiger partial charge is 0.350 e. The Balaban J connectivity index is 1.90. The second-order valence-corrected chi connectivity index (χ2v) is 5.04. The van der Waals surface area contributed by atoms with Crippen molar-refractivity contribution in [2.24, 2.45) is 5.73 Å². The lowest BCUT2D eigenvalue weighted by molar-refractivity contribution is -0.121. The number of nitrogens with zero attached hydrogens (tertiary/aromatic N) is 1. The van der Waals surface area contributed by atoms with Gasteiger partial charge in [-0.3, -0.25) is 4.79 Å². The molecule has 0 radical (unpaired) electrons. The van der Waals surface area contributed by atoms with Crippen LogP contribution >= 0.6 is 11.3 Å². The zero-order valence-electron chi connectivity index (χ0n) is 10.6. The van der Waals surface area contributed by atoms with Gasteiger partial charge in [-0.1, -0.05) is 30.3 Å². The summed E-state index contributed by atoms with van der Waals surface area (Å²) in [5.41, 5.74) is 7.36. The fourth-order valence-electron chi connectivity index (χ4n) is 1.64. The summed E-state index contributed by atoms with van der Waals surface area (Å²) >= 11 is 1.59. The highest BCUT2D eigenvalue weighted by molar-refractivity contribution is 7.13. The summed E-state index contributed by atoms with van der Waals surface area (Å²) in [5, 5.41) is 5.80. The van der Waals surface area contributed by atoms with Crippen molar-refractivity contribution < 1.29 is 4.79 Å². The van der Waals surface area contributed by atoms with E-state index >= 15 is 0 Å². The zero-order valence-corrected chi connectivity index (χ0v) is 11.5. The lowest BCUT2D eigenvalue weighted by Crippen LogP contribution is -2.23. The van der Waals surface area contributed by atoms with E-state index < -0.39 is 0 Å². The fraction of sp³-hybridized carbons (Fsp3) is 0.286. The number of amides is 1. The van der Waals surface area contributed by atoms with Gasteiger partial charge in [0.05, 0.1) is 12.2 Å². The molecule has 0 aliphatic rings. The molecule has 0 atom stereocenters. The van der Waals surface area contributed by atoms with E-state index in [9.17, 15) is 4.79 Å². The van der Waals surface area contributed by atoms with E-state index in [1.165, 1.54) is 0 Å². The minimum Gasteiger partial charge on any atom is -0.350 e. The fourth-order valence-corrected chi connectivity index (χ4v) is 2.47. The van der Waals surface area contributed by atoms with Gasteiger partial charge in [0.15, 0.2) is 0 Å². The minimum absolute atomic E-state index is 0.0275. The molecule has 0 spiro atoms. The summed E-state index contributed by atoms with van der Waals surface area (Å²) in [7, 11) is 0. The third-order valence-electron chi connectivity index (χ3n) is 2.65. The number of carbonyl (C=O) groups excluding carboxylic acids is 1. The Kier molecular flexibility index (Phi) is 5.06. The normalized spacial score (nSPS) is 10.4. The van der Waals surface area contributed by atoms with Crippen LogP contribution in [0.2, 0.25) is 0 Å². The Morgan fingerprint density at radius 1 is 1.32 bits per heavy atom. The van der Waals surface area contributed by atoms with E-state index in [-0.39, 0.29) is 5.91 Å². The molecule has 0 aliphatic carbocycles. The summed E-state index contributed by atoms with van der Waals surface area (Å²) in [6.07, 6.45) is 1.20. The molecule has 2 rings (SSSR count). The van der Waals surface area contributed by atoms with Gasteiger partial charge in [0.25, 0.3) is 0 Å². The first kappa shape index (κ1) is 13.7. The Hall–Kier alpha value is -1.72. The molecule has 2 aromatic rings. The van der Waals surface area contributed by atoms with E-state index in [0.29, 0.717) is 19.5 Å². The number of carbonyl (C=O) groups is 1. The number of rotatable bonds is 6. The maximum Gasteiger partial charge on any atom is 0.220 e. The summed E-state index contributed by atoms with van der Waals surface area (Å²) in [5.74, 6) is 0.0275. The quantitative estimate of drug-likeness (QED) is 0.849. The van der Waals surface area contributed by atoms with Crippen molar-refractivity contribution >= 4 is 17.2 Å². The van der Waals surface area contributed by atoms with Crippen molar-refractivity contribution in [3.8, 4) is 10.6 Å². The van der Waals surface area contributed by atoms with Crippen LogP contribution in [0.5, 0.6) is 0 Å². The molecule has 4 nitrogen and oxygen atoms in total. The van der Waals surface area contributed by atoms with E-state index in [1.54, 1.807) is 11.3 Å². The number of hydrogen-bond donors (Lipinski definition) is 2. The van der Waals surface area contributed by atoms with Gasteiger partial charge in [0, 0.05) is 17.4 Å². The van der Waals surface area contributed by atoms with Gasteiger partial charge in [0.2, 0.25) is 5.91 Å². The Morgan fingerprint density at radius 2 is 2.11 bits per heavy atom. The summed E-state index contributed by atoms with van der Waals surface area (Å²) < 4.78 is 0. The predicted octanol–water partition coefficient (Wildman–Crippen LogP) is 2.17. The number of aromatic nitrogens is 1. The maximum absolute atomic E-state index is 11.5. The van der Waals surface area contributed by atoms with Crippen molar-refractivity contribution in [2.45, 2.75) is 19.4 Å². The third kappa shape index (κ3) is 4.15. The average Bonchev–Trinajstić information content (AvgIpc) is 2.93. The van der Waals surface area contributed by atoms with Crippen LogP contribution in [-0.2, 0) is 11.3 Å². The molecule has 5 heteroatoms. The summed E-state index contributed by atoms with van der Waals surface area (Å²) in [6, 6.07) is 10.0. The number of nitrogens with one attached hydrogen (secondary N) is 1. The van der Waals surface area contributed by atoms with Gasteiger partial charge < -0.3 is 11.1 Å². The highest BCUT2D eigenvalue weighted by atomic mass is 32.1. The standard InChI is InChI=1S/C14H17N3OS/c15-8-4-7-13(18)16-9-12-10-19-14(17-12)11-5-2-1-3-6-11/h1-3,5-6,10H,4,7-9,15H2,(H,16,18). The van der Waals surface area contributed by atoms with Gasteiger partial charge in [-0.15, -0.1) is 11.3 Å². The highest BCUT2D eigenvalue weighted by Gasteiger charge is 2.05. The smallest absolute Gasteiger partial charge is 0.220 e. The molecule has 0 fully saturated rings. The van der Waals surface area contributed by atoms with Crippen molar-refractivity contribution in [2.75, 3.05) is 6.54 Å². The monoisotopic (exact) mass is 275 g/mol. The predicted molar refractivity (Wildman–Crippen MR) is 77.7 cm³/mol. The SMILES string of the molecule is NCCCC(=O)NCc1csc(-c2ccccc2)n1. The first-order chi connectivity index (χ1) is 9.29. The molecule has 0 saturated carbocycles. The van der Waals surface area contributed by atoms with Gasteiger partial charge in [0.1, 0.15) is 5.01 Å². The van der Waals surface area contributed by atoms with Gasteiger partial charge in [-0.25, -0.2) is 4.98 Å². The maximum atomic E-state index is 11.5. The van der Waals surface area contributed by atoms with Gasteiger partial charge in [-0.05, 0) is 13.0 Å². The first-order valence-electron chi connectivity index (χ1n) is 6.26. The molecular weight excluding hydrogens is 258 g/mol. The molecule has 0 saturated heterocycles. The Labute approximate surface area is 116 Å². The summed E-state index contributed by atoms with van der Waals surface area (Å²) in [6.45, 7) is 1.02. The highest BCUT2D eigenvalue weighted by Crippen LogP contribution is 2.23. The topological polar surface area (TPSA) is 68.0 Å². The van der Waals surface area contributed by atoms with E-state index in [0.717, 1.165) is 22.7 Å². The average molecular weight is 275 g/mol. The minimum atomic E-state index is 0.0275. The van der Waals surface area contributed by atoms with Crippen molar-refractivity contribution in [3.05, 3.63) is 41.4 Å². The molecule has 0 unspecified atom stereocenters. The second kappa shape index (κ2) is 7.01. The van der Waals surface area contributed by atoms with Crippen LogP contribution in [0.15, 0.2) is 35.7 Å². The zero-order chi connectivity index (χ0) is 13.5. The number of thiazole rings is 1. The Morgan fingerprint density at radius 3 is 2.84 bits per heavy atom. The van der Waals surface area contributed by atoms with Crippen LogP contribution in [-0.4, -0.2) is 17.4 Å². The molecule has 1 heterocycles. The van der Waals surface area contributed by atoms with Crippen molar-refractivity contribution in [1.82, 2.24) is 10.3 Å². The van der Waals surface area contributed by atoms with Crippen LogP contribution in [0, 0.1) is 0 Å². The summed E-state index contributed by atoms with van der Waals surface area (Å²) in [4.78, 5) is 16.0. The molecule has 19 heavy (non-hydrogen) atoms. The molecule has 1 aromatic heterocycles. The first-order valence-corrected chi connectivity index (χ1v) is 7.14. The van der Waals surface area contributed by atoms with Crippen LogP contribution in [0.1, 0.15) is 18.5 Å². The number of hydrogen-bond acceptors (Lipinski definition) is 4. The van der Waals surface area contributed by atoms with E-state index in [1.807, 2.05) is 35.7 Å².